The maximum absolute atomic E-state index is 13.7. The Labute approximate surface area is 100 Å². The van der Waals surface area contributed by atoms with Crippen LogP contribution in [0.5, 0.6) is 0 Å². The minimum absolute atomic E-state index is 0.0617. The maximum atomic E-state index is 13.7. The number of hydrogen-bond donors (Lipinski definition) is 0. The predicted octanol–water partition coefficient (Wildman–Crippen LogP) is 3.62. The summed E-state index contributed by atoms with van der Waals surface area (Å²) in [4.78, 5) is 1.99. The van der Waals surface area contributed by atoms with Crippen LogP contribution in [0.4, 0.5) is 8.78 Å². The third-order valence-electron chi connectivity index (χ3n) is 4.15. The summed E-state index contributed by atoms with van der Waals surface area (Å²) in [5, 5.41) is 0. The first-order valence-electron chi connectivity index (χ1n) is 6.31. The lowest BCUT2D eigenvalue weighted by Gasteiger charge is -2.20. The number of rotatable bonds is 2. The van der Waals surface area contributed by atoms with Crippen molar-refractivity contribution in [2.45, 2.75) is 50.2 Å². The average Bonchev–Trinajstić information content (AvgIpc) is 3.05. The second kappa shape index (κ2) is 3.77. The Morgan fingerprint density at radius 1 is 1.29 bits per heavy atom. The SMILES string of the molecule is C[C@H](c1ccccc1)N1[C@H]2[C@@H]1CCCC2(F)F. The van der Waals surface area contributed by atoms with Gasteiger partial charge in [0.1, 0.15) is 0 Å². The number of likely N-dealkylation sites (tertiary alicyclic amines) is 1. The van der Waals surface area contributed by atoms with E-state index in [0.717, 1.165) is 12.0 Å². The normalized spacial score (nSPS) is 36.1. The van der Waals surface area contributed by atoms with E-state index in [1.165, 1.54) is 0 Å². The monoisotopic (exact) mass is 237 g/mol. The van der Waals surface area contributed by atoms with Gasteiger partial charge in [-0.15, -0.1) is 0 Å². The summed E-state index contributed by atoms with van der Waals surface area (Å²) >= 11 is 0. The van der Waals surface area contributed by atoms with Crippen molar-refractivity contribution in [2.75, 3.05) is 0 Å². The van der Waals surface area contributed by atoms with Gasteiger partial charge in [-0.05, 0) is 25.3 Å². The number of hydrogen-bond acceptors (Lipinski definition) is 1. The number of nitrogens with zero attached hydrogens (tertiary/aromatic N) is 1. The summed E-state index contributed by atoms with van der Waals surface area (Å²) in [5.41, 5.74) is 1.14. The van der Waals surface area contributed by atoms with Crippen molar-refractivity contribution in [1.82, 2.24) is 4.90 Å². The Balaban J connectivity index is 1.79. The van der Waals surface area contributed by atoms with E-state index < -0.39 is 12.0 Å². The lowest BCUT2D eigenvalue weighted by atomic mass is 9.97. The molecule has 0 spiro atoms. The van der Waals surface area contributed by atoms with Gasteiger partial charge in [0, 0.05) is 18.5 Å². The summed E-state index contributed by atoms with van der Waals surface area (Å²) in [6.07, 6.45) is 1.65. The predicted molar refractivity (Wildman–Crippen MR) is 63.1 cm³/mol. The highest BCUT2D eigenvalue weighted by Gasteiger charge is 2.64. The van der Waals surface area contributed by atoms with Crippen LogP contribution in [0.25, 0.3) is 0 Å². The van der Waals surface area contributed by atoms with Gasteiger partial charge < -0.3 is 0 Å². The van der Waals surface area contributed by atoms with Crippen LogP contribution in [-0.4, -0.2) is 22.9 Å². The summed E-state index contributed by atoms with van der Waals surface area (Å²) < 4.78 is 27.4. The molecule has 92 valence electrons. The van der Waals surface area contributed by atoms with E-state index >= 15 is 0 Å². The molecule has 1 heterocycles. The molecule has 0 aromatic heterocycles. The Morgan fingerprint density at radius 2 is 2.00 bits per heavy atom. The number of benzene rings is 1. The first kappa shape index (κ1) is 11.1. The molecular weight excluding hydrogens is 220 g/mol. The molecule has 0 N–H and O–H groups in total. The summed E-state index contributed by atoms with van der Waals surface area (Å²) in [6.45, 7) is 2.03. The van der Waals surface area contributed by atoms with Crippen molar-refractivity contribution in [2.24, 2.45) is 0 Å². The molecule has 3 heteroatoms. The van der Waals surface area contributed by atoms with Gasteiger partial charge in [0.25, 0.3) is 5.92 Å². The first-order chi connectivity index (χ1) is 8.11. The van der Waals surface area contributed by atoms with E-state index in [1.807, 2.05) is 42.2 Å². The van der Waals surface area contributed by atoms with Gasteiger partial charge in [-0.3, -0.25) is 4.90 Å². The Morgan fingerprint density at radius 3 is 2.65 bits per heavy atom. The third kappa shape index (κ3) is 1.77. The molecule has 2 fully saturated rings. The molecule has 1 saturated heterocycles. The molecule has 1 aromatic carbocycles. The van der Waals surface area contributed by atoms with Crippen LogP contribution >= 0.6 is 0 Å². The van der Waals surface area contributed by atoms with Crippen LogP contribution < -0.4 is 0 Å². The molecule has 0 bridgehead atoms. The fourth-order valence-corrected chi connectivity index (χ4v) is 3.23. The Bertz CT molecular complexity index is 404. The fourth-order valence-electron chi connectivity index (χ4n) is 3.23. The molecule has 17 heavy (non-hydrogen) atoms. The zero-order valence-corrected chi connectivity index (χ0v) is 9.94. The minimum atomic E-state index is -2.48. The summed E-state index contributed by atoms with van der Waals surface area (Å²) in [6, 6.07) is 9.64. The van der Waals surface area contributed by atoms with Crippen molar-refractivity contribution in [3.8, 4) is 0 Å². The van der Waals surface area contributed by atoms with E-state index in [1.54, 1.807) is 0 Å². The summed E-state index contributed by atoms with van der Waals surface area (Å²) in [7, 11) is 0. The fraction of sp³-hybridized carbons (Fsp3) is 0.571. The molecule has 1 unspecified atom stereocenters. The third-order valence-corrected chi connectivity index (χ3v) is 4.15. The van der Waals surface area contributed by atoms with Gasteiger partial charge in [0.2, 0.25) is 0 Å². The second-order valence-corrected chi connectivity index (χ2v) is 5.20. The molecule has 1 saturated carbocycles. The highest BCUT2D eigenvalue weighted by Crippen LogP contribution is 2.53. The van der Waals surface area contributed by atoms with Crippen molar-refractivity contribution >= 4 is 0 Å². The van der Waals surface area contributed by atoms with Crippen LogP contribution in [0.3, 0.4) is 0 Å². The molecule has 1 nitrogen and oxygen atoms in total. The molecule has 0 amide bonds. The first-order valence-corrected chi connectivity index (χ1v) is 6.31. The van der Waals surface area contributed by atoms with Gasteiger partial charge in [0.15, 0.2) is 0 Å². The largest absolute Gasteiger partial charge is 0.282 e. The van der Waals surface area contributed by atoms with Crippen molar-refractivity contribution in [3.63, 3.8) is 0 Å². The van der Waals surface area contributed by atoms with Crippen LogP contribution in [0.1, 0.15) is 37.8 Å². The van der Waals surface area contributed by atoms with Crippen molar-refractivity contribution < 1.29 is 8.78 Å². The van der Waals surface area contributed by atoms with E-state index in [4.69, 9.17) is 0 Å². The molecule has 1 aliphatic heterocycles. The molecule has 3 rings (SSSR count). The zero-order valence-electron chi connectivity index (χ0n) is 9.94. The van der Waals surface area contributed by atoms with Gasteiger partial charge >= 0.3 is 0 Å². The topological polar surface area (TPSA) is 3.01 Å². The average molecular weight is 237 g/mol. The quantitative estimate of drug-likeness (QED) is 0.710. The molecule has 2 aliphatic rings. The van der Waals surface area contributed by atoms with Gasteiger partial charge in [-0.25, -0.2) is 8.78 Å². The van der Waals surface area contributed by atoms with E-state index in [-0.39, 0.29) is 18.5 Å². The Kier molecular flexibility index (Phi) is 2.47. The van der Waals surface area contributed by atoms with Crippen molar-refractivity contribution in [3.05, 3.63) is 35.9 Å². The highest BCUT2D eigenvalue weighted by molar-refractivity contribution is 5.24. The molecular formula is C14H17F2N. The lowest BCUT2D eigenvalue weighted by Crippen LogP contribution is -2.30. The number of alkyl halides is 2. The van der Waals surface area contributed by atoms with Crippen LogP contribution in [0.15, 0.2) is 30.3 Å². The zero-order chi connectivity index (χ0) is 12.0. The van der Waals surface area contributed by atoms with Crippen LogP contribution in [0, 0.1) is 0 Å². The highest BCUT2D eigenvalue weighted by atomic mass is 19.3. The molecule has 1 aliphatic carbocycles. The molecule has 4 atom stereocenters. The smallest absolute Gasteiger partial charge is 0.264 e. The Hall–Kier alpha value is -0.960. The van der Waals surface area contributed by atoms with Crippen LogP contribution in [0.2, 0.25) is 0 Å². The second-order valence-electron chi connectivity index (χ2n) is 5.20. The molecule has 0 radical (unpaired) electrons. The van der Waals surface area contributed by atoms with Crippen molar-refractivity contribution in [1.29, 1.82) is 0 Å². The summed E-state index contributed by atoms with van der Waals surface area (Å²) in [5.74, 6) is -2.48. The van der Waals surface area contributed by atoms with E-state index in [2.05, 4.69) is 0 Å². The number of fused-ring (bicyclic) bond motifs is 1. The van der Waals surface area contributed by atoms with Gasteiger partial charge in [-0.2, -0.15) is 0 Å². The van der Waals surface area contributed by atoms with E-state index in [9.17, 15) is 8.78 Å². The maximum Gasteiger partial charge on any atom is 0.264 e. The minimum Gasteiger partial charge on any atom is -0.282 e. The van der Waals surface area contributed by atoms with Gasteiger partial charge in [0.05, 0.1) is 6.04 Å². The van der Waals surface area contributed by atoms with Crippen LogP contribution in [-0.2, 0) is 0 Å². The standard InChI is InChI=1S/C14H17F2N/c1-10(11-6-3-2-4-7-11)17-12-8-5-9-14(15,16)13(12)17/h2-4,6-7,10,12-13H,5,8-9H2,1H3/t10-,12+,13+,17?/m1/s1. The van der Waals surface area contributed by atoms with Gasteiger partial charge in [-0.1, -0.05) is 30.3 Å². The van der Waals surface area contributed by atoms with E-state index in [0.29, 0.717) is 6.42 Å². The number of halogens is 2. The molecule has 1 aromatic rings. The lowest BCUT2D eigenvalue weighted by molar-refractivity contribution is -0.0309.